The van der Waals surface area contributed by atoms with Crippen molar-refractivity contribution in [1.29, 1.82) is 0 Å². The molecule has 0 bridgehead atoms. The summed E-state index contributed by atoms with van der Waals surface area (Å²) < 4.78 is 7.97. The molecule has 112 valence electrons. The summed E-state index contributed by atoms with van der Waals surface area (Å²) in [6, 6.07) is 6.98. The number of nitrogens with zero attached hydrogens (tertiary/aromatic N) is 2. The van der Waals surface area contributed by atoms with Crippen molar-refractivity contribution >= 4 is 11.8 Å². The minimum Gasteiger partial charge on any atom is -0.449 e. The minimum atomic E-state index is -0.783. The fourth-order valence-corrected chi connectivity index (χ4v) is 3.07. The molecule has 0 spiro atoms. The van der Waals surface area contributed by atoms with Crippen LogP contribution in [0.1, 0.15) is 27.6 Å². The van der Waals surface area contributed by atoms with Gasteiger partial charge in [0.2, 0.25) is 0 Å². The summed E-state index contributed by atoms with van der Waals surface area (Å²) >= 11 is 0. The first-order valence-electron chi connectivity index (χ1n) is 6.97. The van der Waals surface area contributed by atoms with E-state index in [1.54, 1.807) is 24.3 Å². The summed E-state index contributed by atoms with van der Waals surface area (Å²) in [5, 5.41) is 3.06. The summed E-state index contributed by atoms with van der Waals surface area (Å²) in [5.74, 6) is -0.00629. The van der Waals surface area contributed by atoms with Gasteiger partial charge >= 0.3 is 11.7 Å². The maximum atomic E-state index is 12.6. The number of hydrogen-bond acceptors (Lipinski definition) is 5. The summed E-state index contributed by atoms with van der Waals surface area (Å²) in [6.07, 6.45) is -0.783. The zero-order valence-corrected chi connectivity index (χ0v) is 11.8. The first kappa shape index (κ1) is 12.9. The van der Waals surface area contributed by atoms with Gasteiger partial charge in [-0.25, -0.2) is 9.59 Å². The van der Waals surface area contributed by atoms with Gasteiger partial charge in [0.05, 0.1) is 5.56 Å². The van der Waals surface area contributed by atoms with Crippen LogP contribution < -0.4 is 16.6 Å². The van der Waals surface area contributed by atoms with E-state index in [-0.39, 0.29) is 5.69 Å². The fraction of sp³-hybridized carbons (Fsp3) is 0.267. The van der Waals surface area contributed by atoms with Crippen LogP contribution in [0, 0.1) is 0 Å². The van der Waals surface area contributed by atoms with Crippen LogP contribution in [0.5, 0.6) is 0 Å². The number of nitrogens with one attached hydrogen (secondary N) is 1. The molecule has 0 saturated heterocycles. The van der Waals surface area contributed by atoms with Crippen LogP contribution in [0.15, 0.2) is 33.9 Å². The molecule has 22 heavy (non-hydrogen) atoms. The molecule has 3 heterocycles. The summed E-state index contributed by atoms with van der Waals surface area (Å²) in [7, 11) is 1.43. The molecule has 2 aliphatic rings. The van der Waals surface area contributed by atoms with Crippen molar-refractivity contribution in [1.82, 2.24) is 9.13 Å². The second kappa shape index (κ2) is 4.33. The second-order valence-corrected chi connectivity index (χ2v) is 5.36. The highest BCUT2D eigenvalue weighted by Gasteiger charge is 2.37. The van der Waals surface area contributed by atoms with Crippen LogP contribution in [0.3, 0.4) is 0 Å². The molecule has 1 atom stereocenters. The zero-order chi connectivity index (χ0) is 15.4. The van der Waals surface area contributed by atoms with Gasteiger partial charge in [-0.3, -0.25) is 13.9 Å². The summed E-state index contributed by atoms with van der Waals surface area (Å²) in [5.41, 5.74) is 0.599. The number of hydrogen-bond donors (Lipinski definition) is 1. The molecular formula is C15H13N3O4. The molecule has 0 radical (unpaired) electrons. The Hall–Kier alpha value is -2.83. The molecule has 1 aromatic carbocycles. The Morgan fingerprint density at radius 2 is 2.00 bits per heavy atom. The van der Waals surface area contributed by atoms with E-state index in [2.05, 4.69) is 5.32 Å². The number of carbonyl (C=O) groups excluding carboxylic acids is 1. The van der Waals surface area contributed by atoms with Crippen molar-refractivity contribution < 1.29 is 9.53 Å². The van der Waals surface area contributed by atoms with Crippen LogP contribution in [0.4, 0.5) is 5.82 Å². The van der Waals surface area contributed by atoms with Gasteiger partial charge < -0.3 is 10.1 Å². The van der Waals surface area contributed by atoms with Gasteiger partial charge in [0.1, 0.15) is 11.4 Å². The highest BCUT2D eigenvalue weighted by Crippen LogP contribution is 2.37. The lowest BCUT2D eigenvalue weighted by molar-refractivity contribution is 0.0453. The van der Waals surface area contributed by atoms with E-state index < -0.39 is 17.6 Å². The fourth-order valence-electron chi connectivity index (χ4n) is 3.07. The largest absolute Gasteiger partial charge is 0.449 e. The third-order valence-corrected chi connectivity index (χ3v) is 4.16. The number of rotatable bonds is 1. The van der Waals surface area contributed by atoms with Gasteiger partial charge in [0, 0.05) is 25.7 Å². The van der Waals surface area contributed by atoms with E-state index in [9.17, 15) is 14.4 Å². The van der Waals surface area contributed by atoms with Gasteiger partial charge in [-0.2, -0.15) is 0 Å². The Bertz CT molecular complexity index is 925. The normalized spacial score (nSPS) is 18.6. The first-order chi connectivity index (χ1) is 10.6. The van der Waals surface area contributed by atoms with E-state index >= 15 is 0 Å². The van der Waals surface area contributed by atoms with Crippen molar-refractivity contribution in [2.45, 2.75) is 12.6 Å². The SMILES string of the molecule is Cn1c(=O)c([C@@H]2OC(=O)c3ccccc32)c2n(c1=O)CCN2. The number of cyclic esters (lactones) is 1. The number of esters is 1. The molecule has 0 aliphatic carbocycles. The van der Waals surface area contributed by atoms with Crippen molar-refractivity contribution in [3.63, 3.8) is 0 Å². The molecule has 1 N–H and O–H groups in total. The maximum Gasteiger partial charge on any atom is 0.339 e. The van der Waals surface area contributed by atoms with Crippen molar-refractivity contribution in [3.05, 3.63) is 61.8 Å². The second-order valence-electron chi connectivity index (χ2n) is 5.36. The van der Waals surface area contributed by atoms with Gasteiger partial charge in [-0.05, 0) is 6.07 Å². The number of carbonyl (C=O) groups is 1. The van der Waals surface area contributed by atoms with Crippen LogP contribution in [0.2, 0.25) is 0 Å². The summed E-state index contributed by atoms with van der Waals surface area (Å²) in [6.45, 7) is 1.05. The number of anilines is 1. The highest BCUT2D eigenvalue weighted by atomic mass is 16.5. The molecule has 0 fully saturated rings. The minimum absolute atomic E-state index is 0.304. The van der Waals surface area contributed by atoms with Crippen LogP contribution >= 0.6 is 0 Å². The number of benzene rings is 1. The van der Waals surface area contributed by atoms with E-state index in [1.807, 2.05) is 0 Å². The molecule has 0 unspecified atom stereocenters. The van der Waals surface area contributed by atoms with Gasteiger partial charge in [-0.15, -0.1) is 0 Å². The highest BCUT2D eigenvalue weighted by molar-refractivity contribution is 5.94. The lowest BCUT2D eigenvalue weighted by Crippen LogP contribution is -2.40. The van der Waals surface area contributed by atoms with Crippen molar-refractivity contribution in [3.8, 4) is 0 Å². The van der Waals surface area contributed by atoms with E-state index in [0.29, 0.717) is 35.6 Å². The average molecular weight is 299 g/mol. The van der Waals surface area contributed by atoms with Gasteiger partial charge in [-0.1, -0.05) is 18.2 Å². The Morgan fingerprint density at radius 1 is 1.23 bits per heavy atom. The molecule has 2 aromatic rings. The molecule has 2 aliphatic heterocycles. The molecule has 4 rings (SSSR count). The van der Waals surface area contributed by atoms with Crippen molar-refractivity contribution in [2.24, 2.45) is 7.05 Å². The lowest BCUT2D eigenvalue weighted by atomic mass is 10.0. The van der Waals surface area contributed by atoms with Crippen LogP contribution in [-0.2, 0) is 18.3 Å². The third kappa shape index (κ3) is 1.53. The Balaban J connectivity index is 2.02. The predicted octanol–water partition coefficient (Wildman–Crippen LogP) is 0.232. The van der Waals surface area contributed by atoms with E-state index in [1.165, 1.54) is 11.6 Å². The van der Waals surface area contributed by atoms with E-state index in [4.69, 9.17) is 4.74 Å². The predicted molar refractivity (Wildman–Crippen MR) is 78.1 cm³/mol. The molecule has 7 heteroatoms. The first-order valence-corrected chi connectivity index (χ1v) is 6.97. The van der Waals surface area contributed by atoms with Crippen molar-refractivity contribution in [2.75, 3.05) is 11.9 Å². The monoisotopic (exact) mass is 299 g/mol. The average Bonchev–Trinajstić information content (AvgIpc) is 3.12. The lowest BCUT2D eigenvalue weighted by Gasteiger charge is -2.16. The van der Waals surface area contributed by atoms with Gasteiger partial charge in [0.15, 0.2) is 6.10 Å². The topological polar surface area (TPSA) is 82.3 Å². The maximum absolute atomic E-state index is 12.6. The van der Waals surface area contributed by atoms with Crippen LogP contribution in [0.25, 0.3) is 0 Å². The standard InChI is InChI=1S/C15H13N3O4/c1-17-13(19)10(12-16-6-7-18(12)15(17)21)11-8-4-2-3-5-9(8)14(20)22-11/h2-5,11,16H,6-7H2,1H3/t11-/m1/s1. The molecule has 7 nitrogen and oxygen atoms in total. The smallest absolute Gasteiger partial charge is 0.339 e. The summed E-state index contributed by atoms with van der Waals surface area (Å²) in [4.78, 5) is 36.7. The Kier molecular flexibility index (Phi) is 2.53. The third-order valence-electron chi connectivity index (χ3n) is 4.16. The van der Waals surface area contributed by atoms with E-state index in [0.717, 1.165) is 4.57 Å². The number of aromatic nitrogens is 2. The molecular weight excluding hydrogens is 286 g/mol. The Morgan fingerprint density at radius 3 is 2.82 bits per heavy atom. The quantitative estimate of drug-likeness (QED) is 0.762. The van der Waals surface area contributed by atoms with Gasteiger partial charge in [0.25, 0.3) is 5.56 Å². The molecule has 0 saturated carbocycles. The zero-order valence-electron chi connectivity index (χ0n) is 11.8. The van der Waals surface area contributed by atoms with Crippen LogP contribution in [-0.4, -0.2) is 21.6 Å². The number of fused-ring (bicyclic) bond motifs is 2. The Labute approximate surface area is 124 Å². The number of ether oxygens (including phenoxy) is 1. The molecule has 1 aromatic heterocycles. The molecule has 0 amide bonds.